The molecule has 1 amide bonds. The molecule has 3 fully saturated rings. The Labute approximate surface area is 204 Å². The molecule has 1 aromatic rings. The van der Waals surface area contributed by atoms with Crippen LogP contribution in [-0.4, -0.2) is 71.8 Å². The molecule has 1 spiro atoms. The number of amides is 1. The van der Waals surface area contributed by atoms with Gasteiger partial charge in [0.15, 0.2) is 0 Å². The molecule has 0 radical (unpaired) electrons. The smallest absolute Gasteiger partial charge is 0.410 e. The van der Waals surface area contributed by atoms with Crippen LogP contribution in [0.15, 0.2) is 18.2 Å². The summed E-state index contributed by atoms with van der Waals surface area (Å²) in [6, 6.07) is 2.92. The molecule has 1 aromatic carbocycles. The molecule has 1 N–H and O–H groups in total. The number of fused-ring (bicyclic) bond motifs is 1. The highest BCUT2D eigenvalue weighted by Crippen LogP contribution is 2.59. The largest absolute Gasteiger partial charge is 0.444 e. The molecule has 1 saturated carbocycles. The van der Waals surface area contributed by atoms with E-state index in [0.29, 0.717) is 12.8 Å². The molecule has 1 aliphatic carbocycles. The number of hydrogen-bond donors (Lipinski definition) is 1. The third-order valence-electron chi connectivity index (χ3n) is 7.52. The van der Waals surface area contributed by atoms with Crippen molar-refractivity contribution in [2.24, 2.45) is 5.92 Å². The third kappa shape index (κ3) is 4.44. The summed E-state index contributed by atoms with van der Waals surface area (Å²) in [6.07, 6.45) is -2.31. The van der Waals surface area contributed by atoms with Crippen LogP contribution < -0.4 is 0 Å². The fourth-order valence-corrected chi connectivity index (χ4v) is 5.40. The minimum absolute atomic E-state index is 0.0476. The Morgan fingerprint density at radius 3 is 2.11 bits per heavy atom. The van der Waals surface area contributed by atoms with Gasteiger partial charge >= 0.3 is 6.09 Å². The first-order valence-electron chi connectivity index (χ1n) is 11.8. The molecule has 6 atom stereocenters. The molecule has 8 nitrogen and oxygen atoms in total. The van der Waals surface area contributed by atoms with Gasteiger partial charge in [-0.25, -0.2) is 13.6 Å². The number of nitrogens with zero attached hydrogens (tertiary/aromatic N) is 1. The molecule has 2 heterocycles. The molecule has 1 unspecified atom stereocenters. The van der Waals surface area contributed by atoms with Gasteiger partial charge in [-0.3, -0.25) is 4.90 Å². The quantitative estimate of drug-likeness (QED) is 0.672. The molecule has 2 saturated heterocycles. The number of benzene rings is 1. The van der Waals surface area contributed by atoms with Crippen molar-refractivity contribution in [3.63, 3.8) is 0 Å². The lowest BCUT2D eigenvalue weighted by molar-refractivity contribution is -0.460. The fourth-order valence-electron chi connectivity index (χ4n) is 5.40. The summed E-state index contributed by atoms with van der Waals surface area (Å²) < 4.78 is 57.9. The van der Waals surface area contributed by atoms with Crippen LogP contribution in [0.5, 0.6) is 0 Å². The summed E-state index contributed by atoms with van der Waals surface area (Å²) in [4.78, 5) is 14.9. The van der Waals surface area contributed by atoms with E-state index in [1.807, 2.05) is 0 Å². The highest BCUT2D eigenvalue weighted by atomic mass is 19.1. The number of piperidine rings is 1. The Hall–Kier alpha value is -1.85. The molecule has 10 heteroatoms. The molecule has 0 aromatic heterocycles. The first-order chi connectivity index (χ1) is 16.2. The van der Waals surface area contributed by atoms with Gasteiger partial charge in [0.05, 0.1) is 24.3 Å². The predicted molar refractivity (Wildman–Crippen MR) is 120 cm³/mol. The van der Waals surface area contributed by atoms with E-state index in [1.165, 1.54) is 14.2 Å². The molecule has 2 aliphatic heterocycles. The van der Waals surface area contributed by atoms with Crippen LogP contribution in [-0.2, 0) is 23.7 Å². The lowest BCUT2D eigenvalue weighted by Crippen LogP contribution is -2.73. The van der Waals surface area contributed by atoms with Gasteiger partial charge < -0.3 is 28.8 Å². The Morgan fingerprint density at radius 1 is 1.09 bits per heavy atom. The monoisotopic (exact) mass is 499 g/mol. The number of methoxy groups -OCH3 is 2. The van der Waals surface area contributed by atoms with Crippen molar-refractivity contribution in [3.8, 4) is 0 Å². The minimum atomic E-state index is -1.36. The minimum Gasteiger partial charge on any atom is -0.444 e. The molecule has 35 heavy (non-hydrogen) atoms. The molecular formula is C25H35F2NO7. The highest BCUT2D eigenvalue weighted by Gasteiger charge is 2.70. The summed E-state index contributed by atoms with van der Waals surface area (Å²) in [5.41, 5.74) is -1.54. The van der Waals surface area contributed by atoms with Gasteiger partial charge in [0.25, 0.3) is 0 Å². The number of aliphatic hydroxyl groups is 1. The lowest BCUT2D eigenvalue weighted by atomic mass is 9.75. The first-order valence-corrected chi connectivity index (χ1v) is 11.8. The molecular weight excluding hydrogens is 464 g/mol. The number of hydrogen-bond acceptors (Lipinski definition) is 7. The Morgan fingerprint density at radius 2 is 1.63 bits per heavy atom. The fraction of sp³-hybridized carbons (Fsp3) is 0.720. The molecule has 0 bridgehead atoms. The van der Waals surface area contributed by atoms with E-state index in [-0.39, 0.29) is 12.1 Å². The number of ether oxygens (including phenoxy) is 5. The van der Waals surface area contributed by atoms with Crippen LogP contribution in [0.1, 0.15) is 59.1 Å². The van der Waals surface area contributed by atoms with Gasteiger partial charge in [0.1, 0.15) is 23.3 Å². The van der Waals surface area contributed by atoms with Crippen LogP contribution in [0.4, 0.5) is 13.6 Å². The van der Waals surface area contributed by atoms with Crippen molar-refractivity contribution in [2.75, 3.05) is 20.8 Å². The summed E-state index contributed by atoms with van der Waals surface area (Å²) >= 11 is 0. The molecule has 196 valence electrons. The van der Waals surface area contributed by atoms with Gasteiger partial charge in [0.2, 0.25) is 11.6 Å². The standard InChI is InChI=1S/C25H35F2NO7/c1-22(2,3)35-21(30)28-13-17-20(34-24(5,32-7)23(4,31-6)33-17)18(25(28)8-9-25)19(29)14-10-15(26)12-16(27)11-14/h10-12,17-20,29H,8-9,13H2,1-7H3/t17-,18-,19?,20+,23+,24+/m1/s1. The second kappa shape index (κ2) is 8.62. The van der Waals surface area contributed by atoms with Crippen LogP contribution >= 0.6 is 0 Å². The Kier molecular flexibility index (Phi) is 6.46. The topological polar surface area (TPSA) is 86.7 Å². The average Bonchev–Trinajstić information content (AvgIpc) is 3.53. The van der Waals surface area contributed by atoms with E-state index in [0.717, 1.165) is 18.2 Å². The zero-order valence-corrected chi connectivity index (χ0v) is 21.3. The van der Waals surface area contributed by atoms with E-state index in [4.69, 9.17) is 23.7 Å². The van der Waals surface area contributed by atoms with E-state index in [2.05, 4.69) is 0 Å². The van der Waals surface area contributed by atoms with Gasteiger partial charge in [0, 0.05) is 26.2 Å². The number of carbonyl (C=O) groups is 1. The maximum Gasteiger partial charge on any atom is 0.410 e. The zero-order chi connectivity index (χ0) is 26.0. The molecule has 4 rings (SSSR count). The number of rotatable bonds is 4. The summed E-state index contributed by atoms with van der Waals surface area (Å²) in [5.74, 6) is -5.11. The van der Waals surface area contributed by atoms with Crippen molar-refractivity contribution in [2.45, 2.75) is 88.5 Å². The van der Waals surface area contributed by atoms with Crippen molar-refractivity contribution in [3.05, 3.63) is 35.4 Å². The summed E-state index contributed by atoms with van der Waals surface area (Å²) in [5, 5.41) is 11.6. The van der Waals surface area contributed by atoms with Crippen molar-refractivity contribution in [1.29, 1.82) is 0 Å². The summed E-state index contributed by atoms with van der Waals surface area (Å²) in [7, 11) is 2.91. The zero-order valence-electron chi connectivity index (χ0n) is 21.3. The number of aliphatic hydroxyl groups excluding tert-OH is 1. The number of likely N-dealkylation sites (tertiary alicyclic amines) is 1. The van der Waals surface area contributed by atoms with Crippen molar-refractivity contribution < 1.29 is 42.4 Å². The normalized spacial score (nSPS) is 34.9. The lowest BCUT2D eigenvalue weighted by Gasteiger charge is -2.59. The van der Waals surface area contributed by atoms with E-state index in [9.17, 15) is 18.7 Å². The maximum absolute atomic E-state index is 14.1. The Bertz CT molecular complexity index is 961. The maximum atomic E-state index is 14.1. The highest BCUT2D eigenvalue weighted by molar-refractivity contribution is 5.70. The SMILES string of the molecule is CO[C@@]1(C)O[C@@H]2[C@@H](C(O)c3cc(F)cc(F)c3)C3(CC3)N(C(=O)OC(C)(C)C)C[C@H]2O[C@]1(C)OC. The predicted octanol–water partition coefficient (Wildman–Crippen LogP) is 3.91. The van der Waals surface area contributed by atoms with Gasteiger partial charge in [-0.2, -0.15) is 0 Å². The van der Waals surface area contributed by atoms with Crippen molar-refractivity contribution in [1.82, 2.24) is 4.90 Å². The van der Waals surface area contributed by atoms with Gasteiger partial charge in [-0.1, -0.05) is 0 Å². The molecule has 3 aliphatic rings. The van der Waals surface area contributed by atoms with Gasteiger partial charge in [-0.05, 0) is 65.2 Å². The third-order valence-corrected chi connectivity index (χ3v) is 7.52. The van der Waals surface area contributed by atoms with E-state index < -0.39 is 64.7 Å². The Balaban J connectivity index is 1.79. The van der Waals surface area contributed by atoms with E-state index in [1.54, 1.807) is 39.5 Å². The first kappa shape index (κ1) is 26.2. The van der Waals surface area contributed by atoms with Crippen LogP contribution in [0.2, 0.25) is 0 Å². The summed E-state index contributed by atoms with van der Waals surface area (Å²) in [6.45, 7) is 8.76. The van der Waals surface area contributed by atoms with Crippen LogP contribution in [0, 0.1) is 17.6 Å². The van der Waals surface area contributed by atoms with Crippen LogP contribution in [0.25, 0.3) is 0 Å². The van der Waals surface area contributed by atoms with Crippen molar-refractivity contribution >= 4 is 6.09 Å². The van der Waals surface area contributed by atoms with E-state index >= 15 is 0 Å². The number of halogens is 2. The van der Waals surface area contributed by atoms with Gasteiger partial charge in [-0.15, -0.1) is 0 Å². The number of carbonyl (C=O) groups excluding carboxylic acids is 1. The average molecular weight is 500 g/mol. The van der Waals surface area contributed by atoms with Crippen LogP contribution in [0.3, 0.4) is 0 Å². The second-order valence-electron chi connectivity index (χ2n) is 10.9. The second-order valence-corrected chi connectivity index (χ2v) is 10.9.